The fourth-order valence-electron chi connectivity index (χ4n) is 2.73. The molecular formula is C18H19N3O5. The minimum Gasteiger partial charge on any atom is -0.467 e. The average Bonchev–Trinajstić information content (AvgIpc) is 3.00. The maximum absolute atomic E-state index is 12.6. The maximum Gasteiger partial charge on any atom is 0.328 e. The van der Waals surface area contributed by atoms with Gasteiger partial charge < -0.3 is 14.5 Å². The van der Waals surface area contributed by atoms with Crippen molar-refractivity contribution in [3.8, 4) is 0 Å². The second-order valence-corrected chi connectivity index (χ2v) is 6.27. The van der Waals surface area contributed by atoms with E-state index in [0.717, 1.165) is 9.95 Å². The molecule has 0 radical (unpaired) electrons. The van der Waals surface area contributed by atoms with Crippen LogP contribution in [0.2, 0.25) is 0 Å². The predicted octanol–water partition coefficient (Wildman–Crippen LogP) is 1.46. The van der Waals surface area contributed by atoms with E-state index < -0.39 is 23.5 Å². The molecule has 0 spiro atoms. The van der Waals surface area contributed by atoms with Crippen LogP contribution < -0.4 is 10.9 Å². The molecule has 0 unspecified atom stereocenters. The summed E-state index contributed by atoms with van der Waals surface area (Å²) in [6.45, 7) is 3.30. The minimum atomic E-state index is -0.786. The Hall–Kier alpha value is -3.16. The first-order valence-corrected chi connectivity index (χ1v) is 8.16. The first kappa shape index (κ1) is 17.7. The van der Waals surface area contributed by atoms with Crippen LogP contribution in [-0.2, 0) is 20.9 Å². The number of methoxy groups -OCH3 is 1. The number of nitrogens with one attached hydrogen (secondary N) is 1. The first-order valence-electron chi connectivity index (χ1n) is 8.16. The van der Waals surface area contributed by atoms with E-state index in [1.54, 1.807) is 26.0 Å². The molecule has 8 heteroatoms. The SMILES string of the molecule is COC(=O)[C@@H](NC(=O)Cn1cnc2c(oc3ccccc32)c1=O)C(C)C. The smallest absolute Gasteiger partial charge is 0.328 e. The van der Waals surface area contributed by atoms with Gasteiger partial charge in [-0.2, -0.15) is 0 Å². The third-order valence-electron chi connectivity index (χ3n) is 4.10. The summed E-state index contributed by atoms with van der Waals surface area (Å²) in [4.78, 5) is 40.9. The van der Waals surface area contributed by atoms with Crippen molar-refractivity contribution < 1.29 is 18.7 Å². The largest absolute Gasteiger partial charge is 0.467 e. The first-order chi connectivity index (χ1) is 12.4. The molecule has 136 valence electrons. The van der Waals surface area contributed by atoms with Crippen molar-refractivity contribution in [2.75, 3.05) is 7.11 Å². The molecule has 2 aromatic heterocycles. The number of amides is 1. The molecule has 1 aromatic carbocycles. The Balaban J connectivity index is 1.88. The number of hydrogen-bond acceptors (Lipinski definition) is 6. The summed E-state index contributed by atoms with van der Waals surface area (Å²) in [5, 5.41) is 3.32. The second-order valence-electron chi connectivity index (χ2n) is 6.27. The Bertz CT molecular complexity index is 1030. The standard InChI is InChI=1S/C18H19N3O5/c1-10(2)14(18(24)25-3)20-13(22)8-21-9-19-15-11-6-4-5-7-12(11)26-16(15)17(21)23/h4-7,9-10,14H,8H2,1-3H3,(H,20,22)/t14-/m0/s1. The summed E-state index contributed by atoms with van der Waals surface area (Å²) in [5.74, 6) is -1.18. The summed E-state index contributed by atoms with van der Waals surface area (Å²) in [5.41, 5.74) is 0.645. The van der Waals surface area contributed by atoms with Gasteiger partial charge in [-0.15, -0.1) is 0 Å². The van der Waals surface area contributed by atoms with Gasteiger partial charge in [0.1, 0.15) is 23.7 Å². The van der Waals surface area contributed by atoms with Gasteiger partial charge in [0.15, 0.2) is 0 Å². The highest BCUT2D eigenvalue weighted by Gasteiger charge is 2.25. The Morgan fingerprint density at radius 1 is 1.31 bits per heavy atom. The van der Waals surface area contributed by atoms with Crippen molar-refractivity contribution in [3.63, 3.8) is 0 Å². The molecule has 0 aliphatic carbocycles. The lowest BCUT2D eigenvalue weighted by atomic mass is 10.0. The third kappa shape index (κ3) is 3.17. The fraction of sp³-hybridized carbons (Fsp3) is 0.333. The van der Waals surface area contributed by atoms with Crippen molar-refractivity contribution in [2.24, 2.45) is 5.92 Å². The number of carbonyl (C=O) groups is 2. The number of hydrogen-bond donors (Lipinski definition) is 1. The molecule has 0 fully saturated rings. The molecule has 0 saturated carbocycles. The molecule has 0 bridgehead atoms. The van der Waals surface area contributed by atoms with Crippen molar-refractivity contribution >= 4 is 33.9 Å². The highest BCUT2D eigenvalue weighted by Crippen LogP contribution is 2.23. The molecule has 3 rings (SSSR count). The van der Waals surface area contributed by atoms with Crippen LogP contribution in [0.5, 0.6) is 0 Å². The molecule has 3 aromatic rings. The summed E-state index contributed by atoms with van der Waals surface area (Å²) in [7, 11) is 1.26. The average molecular weight is 357 g/mol. The summed E-state index contributed by atoms with van der Waals surface area (Å²) in [6, 6.07) is 6.41. The van der Waals surface area contributed by atoms with Crippen molar-refractivity contribution in [1.29, 1.82) is 0 Å². The van der Waals surface area contributed by atoms with Gasteiger partial charge in [0, 0.05) is 5.39 Å². The molecule has 1 amide bonds. The number of ether oxygens (including phenoxy) is 1. The van der Waals surface area contributed by atoms with Crippen LogP contribution in [0.4, 0.5) is 0 Å². The van der Waals surface area contributed by atoms with Gasteiger partial charge in [0.05, 0.1) is 13.4 Å². The topological polar surface area (TPSA) is 103 Å². The van der Waals surface area contributed by atoms with Gasteiger partial charge >= 0.3 is 5.97 Å². The van der Waals surface area contributed by atoms with Crippen LogP contribution in [0.25, 0.3) is 22.1 Å². The van der Waals surface area contributed by atoms with Crippen molar-refractivity contribution in [1.82, 2.24) is 14.9 Å². The number of fused-ring (bicyclic) bond motifs is 3. The highest BCUT2D eigenvalue weighted by atomic mass is 16.5. The summed E-state index contributed by atoms with van der Waals surface area (Å²) < 4.78 is 11.4. The Morgan fingerprint density at radius 3 is 2.73 bits per heavy atom. The van der Waals surface area contributed by atoms with E-state index in [1.807, 2.05) is 12.1 Å². The highest BCUT2D eigenvalue weighted by molar-refractivity contribution is 6.01. The quantitative estimate of drug-likeness (QED) is 0.693. The van der Waals surface area contributed by atoms with Crippen LogP contribution in [0.3, 0.4) is 0 Å². The monoisotopic (exact) mass is 357 g/mol. The minimum absolute atomic E-state index is 0.0925. The lowest BCUT2D eigenvalue weighted by Gasteiger charge is -2.19. The van der Waals surface area contributed by atoms with E-state index in [-0.39, 0.29) is 18.0 Å². The zero-order valence-corrected chi connectivity index (χ0v) is 14.7. The van der Waals surface area contributed by atoms with E-state index in [1.165, 1.54) is 13.4 Å². The number of carbonyl (C=O) groups excluding carboxylic acids is 2. The Morgan fingerprint density at radius 2 is 2.04 bits per heavy atom. The fourth-order valence-corrected chi connectivity index (χ4v) is 2.73. The number of furan rings is 1. The number of para-hydroxylation sites is 1. The Labute approximate surface area is 148 Å². The Kier molecular flexibility index (Phi) is 4.75. The van der Waals surface area contributed by atoms with Crippen LogP contribution in [0.15, 0.2) is 39.8 Å². The van der Waals surface area contributed by atoms with Gasteiger partial charge in [-0.05, 0) is 18.1 Å². The van der Waals surface area contributed by atoms with E-state index in [2.05, 4.69) is 10.3 Å². The van der Waals surface area contributed by atoms with Gasteiger partial charge in [0.2, 0.25) is 11.5 Å². The predicted molar refractivity (Wildman–Crippen MR) is 94.6 cm³/mol. The van der Waals surface area contributed by atoms with Gasteiger partial charge in [-0.25, -0.2) is 9.78 Å². The summed E-state index contributed by atoms with van der Waals surface area (Å²) >= 11 is 0. The lowest BCUT2D eigenvalue weighted by molar-refractivity contribution is -0.146. The molecule has 26 heavy (non-hydrogen) atoms. The molecular weight excluding hydrogens is 338 g/mol. The lowest BCUT2D eigenvalue weighted by Crippen LogP contribution is -2.46. The van der Waals surface area contributed by atoms with E-state index in [0.29, 0.717) is 11.1 Å². The molecule has 8 nitrogen and oxygen atoms in total. The molecule has 0 saturated heterocycles. The van der Waals surface area contributed by atoms with Gasteiger partial charge in [-0.3, -0.25) is 14.2 Å². The molecule has 1 N–H and O–H groups in total. The number of nitrogens with zero attached hydrogens (tertiary/aromatic N) is 2. The summed E-state index contributed by atoms with van der Waals surface area (Å²) in [6.07, 6.45) is 1.30. The van der Waals surface area contributed by atoms with Crippen molar-refractivity contribution in [3.05, 3.63) is 40.9 Å². The number of aromatic nitrogens is 2. The normalized spacial score (nSPS) is 12.5. The zero-order chi connectivity index (χ0) is 18.8. The molecule has 2 heterocycles. The molecule has 1 atom stereocenters. The maximum atomic E-state index is 12.6. The van der Waals surface area contributed by atoms with Crippen molar-refractivity contribution in [2.45, 2.75) is 26.4 Å². The zero-order valence-electron chi connectivity index (χ0n) is 14.7. The van der Waals surface area contributed by atoms with Gasteiger partial charge in [-0.1, -0.05) is 26.0 Å². The van der Waals surface area contributed by atoms with Crippen LogP contribution in [0, 0.1) is 5.92 Å². The van der Waals surface area contributed by atoms with Crippen LogP contribution in [0.1, 0.15) is 13.8 Å². The number of benzene rings is 1. The molecule has 0 aliphatic rings. The molecule has 0 aliphatic heterocycles. The third-order valence-corrected chi connectivity index (χ3v) is 4.10. The second kappa shape index (κ2) is 6.99. The van der Waals surface area contributed by atoms with Crippen LogP contribution in [-0.4, -0.2) is 34.6 Å². The number of rotatable bonds is 5. The number of esters is 1. The van der Waals surface area contributed by atoms with Crippen LogP contribution >= 0.6 is 0 Å². The van der Waals surface area contributed by atoms with Gasteiger partial charge in [0.25, 0.3) is 5.56 Å². The van der Waals surface area contributed by atoms with E-state index >= 15 is 0 Å². The van der Waals surface area contributed by atoms with E-state index in [9.17, 15) is 14.4 Å². The van der Waals surface area contributed by atoms with E-state index in [4.69, 9.17) is 9.15 Å².